The molecule has 0 unspecified atom stereocenters. The zero-order valence-corrected chi connectivity index (χ0v) is 11.4. The van der Waals surface area contributed by atoms with Crippen LogP contribution in [0.2, 0.25) is 0 Å². The molecule has 0 saturated heterocycles. The summed E-state index contributed by atoms with van der Waals surface area (Å²) < 4.78 is 31.6. The molecule has 0 radical (unpaired) electrons. The lowest BCUT2D eigenvalue weighted by Gasteiger charge is -2.06. The maximum absolute atomic E-state index is 11.6. The number of rotatable bonds is 5. The molecule has 1 aromatic carbocycles. The average molecular weight is 286 g/mol. The largest absolute Gasteiger partial charge is 0.465 e. The second kappa shape index (κ2) is 6.89. The van der Waals surface area contributed by atoms with Crippen molar-refractivity contribution in [2.45, 2.75) is 18.2 Å². The number of carbonyl (C=O) groups excluding carboxylic acids is 2. The van der Waals surface area contributed by atoms with Crippen molar-refractivity contribution in [2.24, 2.45) is 0 Å². The third-order valence-corrected chi connectivity index (χ3v) is 3.04. The van der Waals surface area contributed by atoms with Crippen LogP contribution in [0.25, 0.3) is 0 Å². The third-order valence-electron chi connectivity index (χ3n) is 2.27. The Morgan fingerprint density at radius 3 is 2.42 bits per heavy atom. The monoisotopic (exact) mass is 286 g/mol. The van der Waals surface area contributed by atoms with E-state index in [-0.39, 0.29) is 22.6 Å². The van der Waals surface area contributed by atoms with Crippen molar-refractivity contribution in [2.75, 3.05) is 13.7 Å². The van der Waals surface area contributed by atoms with Gasteiger partial charge in [0.15, 0.2) is 10.7 Å². The lowest BCUT2D eigenvalue weighted by Crippen LogP contribution is -2.10. The summed E-state index contributed by atoms with van der Waals surface area (Å²) in [5.74, 6) is -1.40. The van der Waals surface area contributed by atoms with Crippen molar-refractivity contribution >= 4 is 22.6 Å². The van der Waals surface area contributed by atoms with Gasteiger partial charge in [-0.1, -0.05) is 6.92 Å². The van der Waals surface area contributed by atoms with E-state index in [1.807, 2.05) is 6.92 Å². The molecule has 0 aliphatic rings. The maximum atomic E-state index is 11.6. The highest BCUT2D eigenvalue weighted by Gasteiger charge is 2.17. The smallest absolute Gasteiger partial charge is 0.339 e. The van der Waals surface area contributed by atoms with Crippen LogP contribution in [0.1, 0.15) is 34.1 Å². The predicted octanol–water partition coefficient (Wildman–Crippen LogP) is 1.01. The van der Waals surface area contributed by atoms with E-state index in [0.29, 0.717) is 6.42 Å². The molecule has 0 bridgehead atoms. The number of benzene rings is 1. The number of esters is 2. The lowest BCUT2D eigenvalue weighted by atomic mass is 10.1. The van der Waals surface area contributed by atoms with E-state index in [0.717, 1.165) is 13.2 Å². The fourth-order valence-electron chi connectivity index (χ4n) is 1.37. The molecular formula is C12H14O6S. The highest BCUT2D eigenvalue weighted by molar-refractivity contribution is 7.72. The first-order valence-electron chi connectivity index (χ1n) is 5.55. The van der Waals surface area contributed by atoms with E-state index in [4.69, 9.17) is 4.74 Å². The van der Waals surface area contributed by atoms with E-state index in [9.17, 15) is 18.0 Å². The van der Waals surface area contributed by atoms with E-state index in [1.54, 1.807) is 0 Å². The third kappa shape index (κ3) is 3.78. The molecule has 0 heterocycles. The Morgan fingerprint density at radius 1 is 1.21 bits per heavy atom. The summed E-state index contributed by atoms with van der Waals surface area (Å²) in [7, 11) is -1.87. The van der Waals surface area contributed by atoms with Crippen LogP contribution in [0.5, 0.6) is 0 Å². The summed E-state index contributed by atoms with van der Waals surface area (Å²) in [5, 5.41) is 0. The molecule has 0 atom stereocenters. The SMILES string of the molecule is CCCOC(=O)c1ccc(C(=O)OC)c([SH](=O)=O)c1. The van der Waals surface area contributed by atoms with Gasteiger partial charge in [0.1, 0.15) is 0 Å². The molecular weight excluding hydrogens is 272 g/mol. The number of carbonyl (C=O) groups is 2. The summed E-state index contributed by atoms with van der Waals surface area (Å²) >= 11 is 0. The molecule has 6 nitrogen and oxygen atoms in total. The number of ether oxygens (including phenoxy) is 2. The highest BCUT2D eigenvalue weighted by Crippen LogP contribution is 2.15. The van der Waals surface area contributed by atoms with Gasteiger partial charge in [0.25, 0.3) is 0 Å². The molecule has 1 rings (SSSR count). The summed E-state index contributed by atoms with van der Waals surface area (Å²) in [6, 6.07) is 3.66. The molecule has 19 heavy (non-hydrogen) atoms. The predicted molar refractivity (Wildman–Crippen MR) is 66.9 cm³/mol. The first-order valence-corrected chi connectivity index (χ1v) is 6.72. The van der Waals surface area contributed by atoms with Gasteiger partial charge in [-0.3, -0.25) is 0 Å². The first kappa shape index (κ1) is 15.2. The second-order valence-corrected chi connectivity index (χ2v) is 4.61. The number of hydrogen-bond donors (Lipinski definition) is 1. The topological polar surface area (TPSA) is 86.7 Å². The van der Waals surface area contributed by atoms with Crippen LogP contribution in [0.4, 0.5) is 0 Å². The van der Waals surface area contributed by atoms with Crippen molar-refractivity contribution in [1.29, 1.82) is 0 Å². The zero-order chi connectivity index (χ0) is 14.4. The molecule has 104 valence electrons. The van der Waals surface area contributed by atoms with Crippen LogP contribution >= 0.6 is 0 Å². The van der Waals surface area contributed by atoms with Gasteiger partial charge in [-0.15, -0.1) is 0 Å². The fourth-order valence-corrected chi connectivity index (χ4v) is 1.98. The molecule has 0 N–H and O–H groups in total. The van der Waals surface area contributed by atoms with Crippen LogP contribution < -0.4 is 0 Å². The fraction of sp³-hybridized carbons (Fsp3) is 0.333. The van der Waals surface area contributed by atoms with Crippen LogP contribution in [0, 0.1) is 0 Å². The Kier molecular flexibility index (Phi) is 5.50. The summed E-state index contributed by atoms with van der Waals surface area (Å²) in [4.78, 5) is 22.7. The van der Waals surface area contributed by atoms with Gasteiger partial charge in [0.05, 0.1) is 29.7 Å². The summed E-state index contributed by atoms with van der Waals surface area (Å²) in [6.45, 7) is 2.09. The van der Waals surface area contributed by atoms with Gasteiger partial charge in [-0.25, -0.2) is 18.0 Å². The van der Waals surface area contributed by atoms with Crippen molar-refractivity contribution in [3.63, 3.8) is 0 Å². The average Bonchev–Trinajstić information content (AvgIpc) is 2.43. The molecule has 0 aliphatic heterocycles. The van der Waals surface area contributed by atoms with Gasteiger partial charge in [-0.05, 0) is 24.6 Å². The van der Waals surface area contributed by atoms with Crippen molar-refractivity contribution in [1.82, 2.24) is 0 Å². The Morgan fingerprint density at radius 2 is 1.89 bits per heavy atom. The van der Waals surface area contributed by atoms with Crippen LogP contribution in [-0.4, -0.2) is 34.1 Å². The minimum absolute atomic E-state index is 0.0790. The first-order chi connectivity index (χ1) is 9.01. The Labute approximate surface area is 112 Å². The zero-order valence-electron chi connectivity index (χ0n) is 10.5. The number of methoxy groups -OCH3 is 1. The molecule has 0 aliphatic carbocycles. The molecule has 0 saturated carbocycles. The number of thiol groups is 1. The molecule has 1 aromatic rings. The van der Waals surface area contributed by atoms with Gasteiger partial charge in [0, 0.05) is 0 Å². The van der Waals surface area contributed by atoms with Gasteiger partial charge >= 0.3 is 11.9 Å². The van der Waals surface area contributed by atoms with Gasteiger partial charge < -0.3 is 9.47 Å². The van der Waals surface area contributed by atoms with E-state index >= 15 is 0 Å². The maximum Gasteiger partial charge on any atom is 0.339 e. The second-order valence-electron chi connectivity index (χ2n) is 3.62. The van der Waals surface area contributed by atoms with Crippen LogP contribution in [-0.2, 0) is 20.2 Å². The van der Waals surface area contributed by atoms with Crippen molar-refractivity contribution < 1.29 is 27.5 Å². The Hall–Kier alpha value is -1.89. The van der Waals surface area contributed by atoms with Gasteiger partial charge in [0.2, 0.25) is 0 Å². The van der Waals surface area contributed by atoms with Crippen molar-refractivity contribution in [3.05, 3.63) is 29.3 Å². The van der Waals surface area contributed by atoms with Crippen molar-refractivity contribution in [3.8, 4) is 0 Å². The summed E-state index contributed by atoms with van der Waals surface area (Å²) in [6.07, 6.45) is 0.661. The normalized spacial score (nSPS) is 10.3. The molecule has 0 aromatic heterocycles. The number of hydrogen-bond acceptors (Lipinski definition) is 6. The minimum atomic E-state index is -3.02. The van der Waals surface area contributed by atoms with E-state index in [2.05, 4.69) is 4.74 Å². The Bertz CT molecular complexity index is 553. The quantitative estimate of drug-likeness (QED) is 0.642. The standard InChI is InChI=1S/C12H14O6S/c1-3-6-18-11(13)8-4-5-9(12(14)17-2)10(7-8)19(15)16/h4-5,7,19H,3,6H2,1-2H3. The van der Waals surface area contributed by atoms with E-state index < -0.39 is 22.6 Å². The molecule has 0 fully saturated rings. The summed E-state index contributed by atoms with van der Waals surface area (Å²) in [5.41, 5.74) is -0.0269. The minimum Gasteiger partial charge on any atom is -0.465 e. The van der Waals surface area contributed by atoms with Crippen LogP contribution in [0.15, 0.2) is 23.1 Å². The van der Waals surface area contributed by atoms with E-state index in [1.165, 1.54) is 12.1 Å². The molecule has 7 heteroatoms. The highest BCUT2D eigenvalue weighted by atomic mass is 32.2. The molecule has 0 amide bonds. The van der Waals surface area contributed by atoms with Gasteiger partial charge in [-0.2, -0.15) is 0 Å². The Balaban J connectivity index is 3.16. The lowest BCUT2D eigenvalue weighted by molar-refractivity contribution is 0.0502. The van der Waals surface area contributed by atoms with Crippen LogP contribution in [0.3, 0.4) is 0 Å². The molecule has 0 spiro atoms.